The van der Waals surface area contributed by atoms with Crippen LogP contribution in [0.3, 0.4) is 0 Å². The van der Waals surface area contributed by atoms with Gasteiger partial charge in [0.25, 0.3) is 0 Å². The number of hydrogen-bond donors (Lipinski definition) is 2. The lowest BCUT2D eigenvalue weighted by molar-refractivity contribution is 0.190. The number of amides is 2. The molecular weight excluding hydrogens is 290 g/mol. The Bertz CT molecular complexity index is 665. The van der Waals surface area contributed by atoms with Crippen molar-refractivity contribution >= 4 is 16.9 Å². The number of unbranched alkanes of at least 4 members (excludes halogenated alkanes) is 1. The van der Waals surface area contributed by atoms with Crippen LogP contribution in [0.2, 0.25) is 0 Å². The number of benzene rings is 1. The highest BCUT2D eigenvalue weighted by atomic mass is 16.3. The zero-order valence-electron chi connectivity index (χ0n) is 13.2. The molecule has 0 bridgehead atoms. The Morgan fingerprint density at radius 3 is 2.87 bits per heavy atom. The molecular formula is C18H23N3O2. The minimum atomic E-state index is -0.0154. The van der Waals surface area contributed by atoms with Gasteiger partial charge in [0.2, 0.25) is 0 Å². The van der Waals surface area contributed by atoms with E-state index in [4.69, 9.17) is 5.11 Å². The van der Waals surface area contributed by atoms with Crippen LogP contribution < -0.4 is 5.32 Å². The molecule has 0 atom stereocenters. The normalized spacial score (nSPS) is 14.0. The lowest BCUT2D eigenvalue weighted by Crippen LogP contribution is -2.41. The first-order chi connectivity index (χ1) is 11.3. The number of carbonyl (C=O) groups excluding carboxylic acids is 1. The maximum atomic E-state index is 12.5. The highest BCUT2D eigenvalue weighted by molar-refractivity contribution is 5.82. The minimum Gasteiger partial charge on any atom is -0.396 e. The van der Waals surface area contributed by atoms with Crippen LogP contribution in [0.4, 0.5) is 4.79 Å². The van der Waals surface area contributed by atoms with Crippen LogP contribution in [0.15, 0.2) is 36.5 Å². The topological polar surface area (TPSA) is 65.5 Å². The molecule has 0 saturated heterocycles. The quantitative estimate of drug-likeness (QED) is 0.772. The molecule has 1 aliphatic carbocycles. The summed E-state index contributed by atoms with van der Waals surface area (Å²) in [4.78, 5) is 18.8. The van der Waals surface area contributed by atoms with Gasteiger partial charge in [-0.05, 0) is 37.3 Å². The fraction of sp³-hybridized carbons (Fsp3) is 0.444. The van der Waals surface area contributed by atoms with E-state index < -0.39 is 0 Å². The van der Waals surface area contributed by atoms with E-state index in [0.29, 0.717) is 19.1 Å². The third kappa shape index (κ3) is 3.99. The lowest BCUT2D eigenvalue weighted by Gasteiger charge is -2.23. The largest absolute Gasteiger partial charge is 0.396 e. The highest BCUT2D eigenvalue weighted by Crippen LogP contribution is 2.27. The van der Waals surface area contributed by atoms with Crippen molar-refractivity contribution in [2.75, 3.05) is 13.2 Å². The standard InChI is InChI=1S/C18H23N3O2/c22-12-2-1-11-21(16-8-9-16)18(23)20-13-15-6-3-5-14-7-4-10-19-17(14)15/h3-7,10,16,22H,1-2,8-9,11-13H2,(H,20,23). The fourth-order valence-electron chi connectivity index (χ4n) is 2.81. The second-order valence-corrected chi connectivity index (χ2v) is 6.01. The number of fused-ring (bicyclic) bond motifs is 1. The van der Waals surface area contributed by atoms with E-state index in [1.165, 1.54) is 0 Å². The summed E-state index contributed by atoms with van der Waals surface area (Å²) in [6, 6.07) is 10.3. The predicted octanol–water partition coefficient (Wildman–Crippen LogP) is 2.68. The monoisotopic (exact) mass is 313 g/mol. The van der Waals surface area contributed by atoms with Gasteiger partial charge >= 0.3 is 6.03 Å². The van der Waals surface area contributed by atoms with Gasteiger partial charge in [-0.15, -0.1) is 0 Å². The van der Waals surface area contributed by atoms with Gasteiger partial charge in [-0.2, -0.15) is 0 Å². The maximum absolute atomic E-state index is 12.5. The molecule has 0 spiro atoms. The molecule has 2 N–H and O–H groups in total. The third-order valence-electron chi connectivity index (χ3n) is 4.20. The van der Waals surface area contributed by atoms with Crippen molar-refractivity contribution in [2.24, 2.45) is 0 Å². The van der Waals surface area contributed by atoms with Crippen molar-refractivity contribution in [3.05, 3.63) is 42.1 Å². The van der Waals surface area contributed by atoms with Gasteiger partial charge in [0.05, 0.1) is 5.52 Å². The van der Waals surface area contributed by atoms with Crippen molar-refractivity contribution in [3.8, 4) is 0 Å². The molecule has 1 aromatic heterocycles. The Hall–Kier alpha value is -2.14. The number of aliphatic hydroxyl groups is 1. The molecule has 23 heavy (non-hydrogen) atoms. The van der Waals surface area contributed by atoms with Crippen LogP contribution in [-0.2, 0) is 6.54 Å². The fourth-order valence-corrected chi connectivity index (χ4v) is 2.81. The second kappa shape index (κ2) is 7.42. The number of nitrogens with one attached hydrogen (secondary N) is 1. The first kappa shape index (κ1) is 15.7. The van der Waals surface area contributed by atoms with Crippen LogP contribution >= 0.6 is 0 Å². The second-order valence-electron chi connectivity index (χ2n) is 6.01. The molecule has 0 radical (unpaired) electrons. The van der Waals surface area contributed by atoms with Crippen molar-refractivity contribution in [1.29, 1.82) is 0 Å². The van der Waals surface area contributed by atoms with Crippen molar-refractivity contribution in [1.82, 2.24) is 15.2 Å². The minimum absolute atomic E-state index is 0.0154. The Kier molecular flexibility index (Phi) is 5.08. The summed E-state index contributed by atoms with van der Waals surface area (Å²) in [7, 11) is 0. The molecule has 1 aliphatic rings. The summed E-state index contributed by atoms with van der Waals surface area (Å²) in [5.74, 6) is 0. The molecule has 1 saturated carbocycles. The summed E-state index contributed by atoms with van der Waals surface area (Å²) >= 11 is 0. The average molecular weight is 313 g/mol. The number of pyridine rings is 1. The van der Waals surface area contributed by atoms with E-state index in [1.807, 2.05) is 35.2 Å². The highest BCUT2D eigenvalue weighted by Gasteiger charge is 2.31. The number of aliphatic hydroxyl groups excluding tert-OH is 1. The zero-order chi connectivity index (χ0) is 16.1. The van der Waals surface area contributed by atoms with Gasteiger partial charge in [-0.25, -0.2) is 4.79 Å². The van der Waals surface area contributed by atoms with E-state index in [9.17, 15) is 4.79 Å². The van der Waals surface area contributed by atoms with Crippen LogP contribution in [0.5, 0.6) is 0 Å². The van der Waals surface area contributed by atoms with E-state index in [-0.39, 0.29) is 12.6 Å². The van der Waals surface area contributed by atoms with Crippen LogP contribution in [-0.4, -0.2) is 40.2 Å². The molecule has 1 heterocycles. The number of rotatable bonds is 7. The molecule has 0 unspecified atom stereocenters. The van der Waals surface area contributed by atoms with Gasteiger partial charge < -0.3 is 15.3 Å². The zero-order valence-corrected chi connectivity index (χ0v) is 13.2. The first-order valence-corrected chi connectivity index (χ1v) is 8.27. The Morgan fingerprint density at radius 2 is 2.09 bits per heavy atom. The summed E-state index contributed by atoms with van der Waals surface area (Å²) in [5, 5.41) is 13.0. The van der Waals surface area contributed by atoms with Crippen LogP contribution in [0.25, 0.3) is 10.9 Å². The molecule has 2 aromatic rings. The molecule has 0 aliphatic heterocycles. The molecule has 1 aromatic carbocycles. The Morgan fingerprint density at radius 1 is 1.26 bits per heavy atom. The van der Waals surface area contributed by atoms with E-state index >= 15 is 0 Å². The summed E-state index contributed by atoms with van der Waals surface area (Å²) in [6.45, 7) is 1.38. The number of aromatic nitrogens is 1. The van der Waals surface area contributed by atoms with Crippen LogP contribution in [0.1, 0.15) is 31.2 Å². The summed E-state index contributed by atoms with van der Waals surface area (Å²) in [5.41, 5.74) is 1.97. The molecule has 5 heteroatoms. The summed E-state index contributed by atoms with van der Waals surface area (Å²) < 4.78 is 0. The molecule has 1 fully saturated rings. The van der Waals surface area contributed by atoms with Gasteiger partial charge in [0.15, 0.2) is 0 Å². The average Bonchev–Trinajstić information content (AvgIpc) is 3.41. The van der Waals surface area contributed by atoms with E-state index in [2.05, 4.69) is 10.3 Å². The third-order valence-corrected chi connectivity index (χ3v) is 4.20. The number of nitrogens with zero attached hydrogens (tertiary/aromatic N) is 2. The van der Waals surface area contributed by atoms with Crippen molar-refractivity contribution < 1.29 is 9.90 Å². The number of hydrogen-bond acceptors (Lipinski definition) is 3. The smallest absolute Gasteiger partial charge is 0.317 e. The maximum Gasteiger partial charge on any atom is 0.317 e. The molecule has 2 amide bonds. The SMILES string of the molecule is O=C(NCc1cccc2cccnc12)N(CCCCO)C1CC1. The van der Waals surface area contributed by atoms with E-state index in [0.717, 1.165) is 42.1 Å². The van der Waals surface area contributed by atoms with Crippen LogP contribution in [0, 0.1) is 0 Å². The van der Waals surface area contributed by atoms with Crippen molar-refractivity contribution in [3.63, 3.8) is 0 Å². The molecule has 5 nitrogen and oxygen atoms in total. The lowest BCUT2D eigenvalue weighted by atomic mass is 10.1. The van der Waals surface area contributed by atoms with Crippen molar-refractivity contribution in [2.45, 2.75) is 38.3 Å². The Balaban J connectivity index is 1.62. The van der Waals surface area contributed by atoms with Gasteiger partial charge in [-0.3, -0.25) is 4.98 Å². The number of urea groups is 1. The summed E-state index contributed by atoms with van der Waals surface area (Å²) in [6.07, 6.45) is 5.53. The van der Waals surface area contributed by atoms with E-state index in [1.54, 1.807) is 6.20 Å². The Labute approximate surface area is 136 Å². The van der Waals surface area contributed by atoms with Gasteiger partial charge in [-0.1, -0.05) is 24.3 Å². The number of carbonyl (C=O) groups is 1. The predicted molar refractivity (Wildman–Crippen MR) is 90.0 cm³/mol. The first-order valence-electron chi connectivity index (χ1n) is 8.27. The van der Waals surface area contributed by atoms with Gasteiger partial charge in [0.1, 0.15) is 0 Å². The number of para-hydroxylation sites is 1. The van der Waals surface area contributed by atoms with Gasteiger partial charge in [0, 0.05) is 37.3 Å². The molecule has 122 valence electrons. The molecule has 3 rings (SSSR count).